The lowest BCUT2D eigenvalue weighted by molar-refractivity contribution is -0.108. The third-order valence-electron chi connectivity index (χ3n) is 0.809. The van der Waals surface area contributed by atoms with Crippen molar-refractivity contribution in [2.75, 3.05) is 0 Å². The highest BCUT2D eigenvalue weighted by molar-refractivity contribution is 6.32. The minimum absolute atomic E-state index is 0.105. The Kier molecular flexibility index (Phi) is 1.80. The number of nitrogens with zero attached hydrogens (tertiary/aromatic N) is 1. The van der Waals surface area contributed by atoms with Gasteiger partial charge in [0.15, 0.2) is 5.78 Å². The number of carbonyl (C=O) groups excluding carboxylic acids is 1. The van der Waals surface area contributed by atoms with Crippen LogP contribution in [0.25, 0.3) is 0 Å². The van der Waals surface area contributed by atoms with Crippen molar-refractivity contribution in [2.24, 2.45) is 5.10 Å². The molecule has 1 heterocycles. The molecule has 0 spiro atoms. The van der Waals surface area contributed by atoms with Gasteiger partial charge < -0.3 is 0 Å². The summed E-state index contributed by atoms with van der Waals surface area (Å²) in [5.74, 6) is -0.105. The zero-order valence-electron chi connectivity index (χ0n) is 4.74. The molecule has 0 bridgehead atoms. The van der Waals surface area contributed by atoms with Crippen LogP contribution in [0.5, 0.6) is 0 Å². The molecule has 0 aromatic carbocycles. The van der Waals surface area contributed by atoms with E-state index < -0.39 is 0 Å². The van der Waals surface area contributed by atoms with E-state index in [1.54, 1.807) is 18.4 Å². The molecule has 1 aliphatic rings. The van der Waals surface area contributed by atoms with Crippen LogP contribution < -0.4 is 5.43 Å². The number of rotatable bonds is 0. The van der Waals surface area contributed by atoms with Crippen LogP contribution in [0.15, 0.2) is 29.5 Å². The number of nitrogens with one attached hydrogen (secondary N) is 1. The van der Waals surface area contributed by atoms with E-state index in [9.17, 15) is 4.79 Å². The van der Waals surface area contributed by atoms with Crippen molar-refractivity contribution in [3.05, 3.63) is 24.4 Å². The number of hydrogen-bond donors (Lipinski definition) is 1. The second-order valence-electron chi connectivity index (χ2n) is 1.51. The normalized spacial score (nSPS) is 23.8. The van der Waals surface area contributed by atoms with E-state index in [0.29, 0.717) is 0 Å². The van der Waals surface area contributed by atoms with Crippen LogP contribution in [0.2, 0.25) is 0 Å². The summed E-state index contributed by atoms with van der Waals surface area (Å²) in [5.41, 5.74) is 2.53. The van der Waals surface area contributed by atoms with Crippen LogP contribution in [0.1, 0.15) is 0 Å². The fourth-order valence-electron chi connectivity index (χ4n) is 0.436. The fourth-order valence-corrected chi connectivity index (χ4v) is 0.436. The van der Waals surface area contributed by atoms with Crippen LogP contribution in [-0.2, 0) is 4.79 Å². The van der Waals surface area contributed by atoms with E-state index in [1.165, 1.54) is 12.3 Å². The molecule has 0 radical (unpaired) electrons. The molecule has 0 unspecified atom stereocenters. The van der Waals surface area contributed by atoms with Crippen molar-refractivity contribution in [1.29, 1.82) is 0 Å². The minimum Gasteiger partial charge on any atom is -0.288 e. The van der Waals surface area contributed by atoms with E-state index >= 15 is 0 Å². The highest BCUT2D eigenvalue weighted by Gasteiger charge is 1.87. The van der Waals surface area contributed by atoms with E-state index in [-0.39, 0.29) is 5.78 Å². The van der Waals surface area contributed by atoms with Gasteiger partial charge in [0.1, 0.15) is 0 Å². The van der Waals surface area contributed by atoms with Crippen molar-refractivity contribution in [2.45, 2.75) is 0 Å². The number of allylic oxidation sites excluding steroid dienone is 3. The maximum absolute atomic E-state index is 10.5. The molecule has 0 atom stereocenters. The van der Waals surface area contributed by atoms with Crippen molar-refractivity contribution < 1.29 is 4.79 Å². The summed E-state index contributed by atoms with van der Waals surface area (Å²) in [6.45, 7) is 0. The Bertz CT molecular complexity index is 191. The molecule has 0 aromatic heterocycles. The van der Waals surface area contributed by atoms with Gasteiger partial charge in [-0.15, -0.1) is 0 Å². The molecule has 9 heavy (non-hydrogen) atoms. The van der Waals surface area contributed by atoms with Crippen LogP contribution in [0.4, 0.5) is 0 Å². The Morgan fingerprint density at radius 3 is 3.22 bits per heavy atom. The van der Waals surface area contributed by atoms with Crippen LogP contribution >= 0.6 is 0 Å². The Labute approximate surface area is 52.8 Å². The fraction of sp³-hybridized carbons (Fsp3) is 0. The quantitative estimate of drug-likeness (QED) is 0.499. The van der Waals surface area contributed by atoms with Gasteiger partial charge in [-0.2, -0.15) is 5.10 Å². The smallest absolute Gasteiger partial charge is 0.198 e. The molecule has 1 N–H and O–H groups in total. The summed E-state index contributed by atoms with van der Waals surface area (Å²) in [6.07, 6.45) is 7.66. The maximum Gasteiger partial charge on any atom is 0.198 e. The summed E-state index contributed by atoms with van der Waals surface area (Å²) in [6, 6.07) is 0. The number of hydrazone groups is 1. The molecule has 3 heteroatoms. The average Bonchev–Trinajstić information content (AvgIpc) is 1.79. The van der Waals surface area contributed by atoms with Crippen LogP contribution in [-0.4, -0.2) is 12.0 Å². The van der Waals surface area contributed by atoms with Gasteiger partial charge in [-0.3, -0.25) is 10.2 Å². The number of ketones is 1. The van der Waals surface area contributed by atoms with Gasteiger partial charge in [0.25, 0.3) is 0 Å². The number of carbonyl (C=O) groups is 1. The maximum atomic E-state index is 10.5. The largest absolute Gasteiger partial charge is 0.288 e. The standard InChI is InChI=1S/C6H6N2O/c9-6-3-1-2-4-7-8-5-6/h1-5,7H/b3-1-,4-2-,8-5?. The summed E-state index contributed by atoms with van der Waals surface area (Å²) < 4.78 is 0. The van der Waals surface area contributed by atoms with Gasteiger partial charge in [0, 0.05) is 6.20 Å². The molecule has 3 nitrogen and oxygen atoms in total. The molecule has 1 rings (SSSR count). The lowest BCUT2D eigenvalue weighted by Gasteiger charge is -1.88. The van der Waals surface area contributed by atoms with Crippen LogP contribution in [0, 0.1) is 0 Å². The molecule has 0 amide bonds. The molecule has 0 saturated heterocycles. The first-order chi connectivity index (χ1) is 4.39. The molecule has 0 saturated carbocycles. The summed E-state index contributed by atoms with van der Waals surface area (Å²) in [4.78, 5) is 10.5. The van der Waals surface area contributed by atoms with Gasteiger partial charge >= 0.3 is 0 Å². The Morgan fingerprint density at radius 1 is 1.44 bits per heavy atom. The predicted molar refractivity (Wildman–Crippen MR) is 34.9 cm³/mol. The van der Waals surface area contributed by atoms with Crippen molar-refractivity contribution in [3.8, 4) is 0 Å². The van der Waals surface area contributed by atoms with Crippen molar-refractivity contribution in [1.82, 2.24) is 5.43 Å². The van der Waals surface area contributed by atoms with Gasteiger partial charge in [-0.25, -0.2) is 0 Å². The van der Waals surface area contributed by atoms with E-state index in [1.807, 2.05) is 0 Å². The molecule has 0 aromatic rings. The molecule has 0 aliphatic carbocycles. The van der Waals surface area contributed by atoms with Gasteiger partial charge in [-0.1, -0.05) is 6.08 Å². The summed E-state index contributed by atoms with van der Waals surface area (Å²) in [7, 11) is 0. The predicted octanol–water partition coefficient (Wildman–Crippen LogP) is 0.214. The zero-order valence-corrected chi connectivity index (χ0v) is 4.74. The van der Waals surface area contributed by atoms with Crippen molar-refractivity contribution in [3.63, 3.8) is 0 Å². The lowest BCUT2D eigenvalue weighted by atomic mass is 10.3. The Balaban J connectivity index is 2.72. The van der Waals surface area contributed by atoms with E-state index in [4.69, 9.17) is 0 Å². The monoisotopic (exact) mass is 122 g/mol. The first kappa shape index (κ1) is 5.75. The number of hydrogen-bond acceptors (Lipinski definition) is 3. The lowest BCUT2D eigenvalue weighted by Crippen LogP contribution is -2.01. The SMILES string of the molecule is O=C1C=NN/C=C\C=C/1. The highest BCUT2D eigenvalue weighted by atomic mass is 16.1. The Hall–Kier alpha value is -1.38. The summed E-state index contributed by atoms with van der Waals surface area (Å²) in [5, 5.41) is 3.55. The third-order valence-corrected chi connectivity index (χ3v) is 0.809. The zero-order chi connectivity index (χ0) is 6.53. The first-order valence-electron chi connectivity index (χ1n) is 2.55. The molecule has 0 fully saturated rings. The van der Waals surface area contributed by atoms with Crippen molar-refractivity contribution >= 4 is 12.0 Å². The van der Waals surface area contributed by atoms with Gasteiger partial charge in [0.05, 0.1) is 6.21 Å². The van der Waals surface area contributed by atoms with Gasteiger partial charge in [0.2, 0.25) is 0 Å². The van der Waals surface area contributed by atoms with E-state index in [0.717, 1.165) is 0 Å². The average molecular weight is 122 g/mol. The summed E-state index contributed by atoms with van der Waals surface area (Å²) >= 11 is 0. The first-order valence-corrected chi connectivity index (χ1v) is 2.55. The molecular weight excluding hydrogens is 116 g/mol. The van der Waals surface area contributed by atoms with E-state index in [2.05, 4.69) is 10.5 Å². The topological polar surface area (TPSA) is 41.5 Å². The highest BCUT2D eigenvalue weighted by Crippen LogP contribution is 1.79. The third kappa shape index (κ3) is 1.90. The Morgan fingerprint density at radius 2 is 2.33 bits per heavy atom. The van der Waals surface area contributed by atoms with Gasteiger partial charge in [-0.05, 0) is 12.2 Å². The second-order valence-corrected chi connectivity index (χ2v) is 1.51. The molecule has 1 aliphatic heterocycles. The molecular formula is C6H6N2O. The molecule has 46 valence electrons. The minimum atomic E-state index is -0.105. The van der Waals surface area contributed by atoms with Crippen LogP contribution in [0.3, 0.4) is 0 Å². The second kappa shape index (κ2) is 2.81.